The number of hydrogen-bond donors (Lipinski definition) is 0. The van der Waals surface area contributed by atoms with Crippen LogP contribution < -0.4 is 4.90 Å². The first-order chi connectivity index (χ1) is 10.6. The minimum atomic E-state index is -0.0170. The van der Waals surface area contributed by atoms with E-state index < -0.39 is 0 Å². The van der Waals surface area contributed by atoms with Crippen LogP contribution in [0.25, 0.3) is 0 Å². The normalized spacial score (nSPS) is 41.6. The van der Waals surface area contributed by atoms with E-state index in [1.54, 1.807) is 0 Å². The highest BCUT2D eigenvalue weighted by Gasteiger charge is 2.68. The minimum Gasteiger partial charge on any atom is -0.274 e. The number of carbonyl (C=O) groups excluding carboxylic acids is 2. The monoisotopic (exact) mass is 295 g/mol. The molecule has 1 saturated heterocycles. The lowest BCUT2D eigenvalue weighted by atomic mass is 9.59. The smallest absolute Gasteiger partial charge is 0.237 e. The number of imide groups is 1. The lowest BCUT2D eigenvalue weighted by Crippen LogP contribution is -2.43. The third kappa shape index (κ3) is 1.42. The molecule has 6 atom stereocenters. The molecule has 3 nitrogen and oxygen atoms in total. The van der Waals surface area contributed by atoms with Crippen LogP contribution in [0.1, 0.15) is 30.4 Å². The van der Waals surface area contributed by atoms with Gasteiger partial charge in [0.2, 0.25) is 11.8 Å². The second-order valence-corrected chi connectivity index (χ2v) is 7.80. The van der Waals surface area contributed by atoms with Crippen LogP contribution in [0.2, 0.25) is 0 Å². The zero-order valence-corrected chi connectivity index (χ0v) is 13.1. The molecule has 5 fully saturated rings. The molecule has 1 aromatic rings. The van der Waals surface area contributed by atoms with Crippen molar-refractivity contribution in [3.8, 4) is 0 Å². The van der Waals surface area contributed by atoms with E-state index in [2.05, 4.69) is 6.92 Å². The van der Waals surface area contributed by atoms with Gasteiger partial charge < -0.3 is 0 Å². The molecule has 22 heavy (non-hydrogen) atoms. The number of carbonyl (C=O) groups is 2. The van der Waals surface area contributed by atoms with Gasteiger partial charge in [0.15, 0.2) is 0 Å². The quantitative estimate of drug-likeness (QED) is 0.747. The Kier molecular flexibility index (Phi) is 2.34. The molecule has 1 heterocycles. The molecule has 2 amide bonds. The molecular formula is C19H21NO2. The SMILES string of the molecule is Cc1ccc(N2C(=O)[C@@H]3[C@@H]4CC[C@@H]([C@H]5C[C@H]54)[C@@H]3C2=O)cc1C. The molecule has 0 N–H and O–H groups in total. The van der Waals surface area contributed by atoms with Crippen LogP contribution >= 0.6 is 0 Å². The second-order valence-electron chi connectivity index (χ2n) is 7.80. The summed E-state index contributed by atoms with van der Waals surface area (Å²) in [6.07, 6.45) is 3.59. The summed E-state index contributed by atoms with van der Waals surface area (Å²) in [5.41, 5.74) is 3.11. The number of amides is 2. The van der Waals surface area contributed by atoms with Crippen molar-refractivity contribution in [3.63, 3.8) is 0 Å². The summed E-state index contributed by atoms with van der Waals surface area (Å²) in [6, 6.07) is 5.93. The van der Waals surface area contributed by atoms with Gasteiger partial charge >= 0.3 is 0 Å². The van der Waals surface area contributed by atoms with Gasteiger partial charge in [-0.2, -0.15) is 0 Å². The molecule has 5 aliphatic rings. The molecule has 1 aliphatic heterocycles. The summed E-state index contributed by atoms with van der Waals surface area (Å²) < 4.78 is 0. The number of rotatable bonds is 1. The first kappa shape index (κ1) is 12.9. The number of anilines is 1. The number of aryl methyl sites for hydroxylation is 2. The Balaban J connectivity index is 1.57. The third-order valence-corrected chi connectivity index (χ3v) is 6.89. The van der Waals surface area contributed by atoms with Crippen molar-refractivity contribution in [2.75, 3.05) is 4.90 Å². The highest BCUT2D eigenvalue weighted by Crippen LogP contribution is 2.68. The minimum absolute atomic E-state index is 0.0170. The van der Waals surface area contributed by atoms with Crippen molar-refractivity contribution in [1.29, 1.82) is 0 Å². The molecule has 4 saturated carbocycles. The van der Waals surface area contributed by atoms with E-state index in [4.69, 9.17) is 0 Å². The van der Waals surface area contributed by atoms with Gasteiger partial charge in [0.25, 0.3) is 0 Å². The molecular weight excluding hydrogens is 274 g/mol. The molecule has 2 bridgehead atoms. The summed E-state index contributed by atoms with van der Waals surface area (Å²) in [5, 5.41) is 0. The number of benzene rings is 1. The largest absolute Gasteiger partial charge is 0.274 e. The van der Waals surface area contributed by atoms with Crippen LogP contribution in [0.3, 0.4) is 0 Å². The maximum atomic E-state index is 13.0. The molecule has 0 aromatic heterocycles. The Morgan fingerprint density at radius 1 is 0.864 bits per heavy atom. The molecule has 1 aromatic carbocycles. The maximum Gasteiger partial charge on any atom is 0.237 e. The van der Waals surface area contributed by atoms with Crippen molar-refractivity contribution in [1.82, 2.24) is 0 Å². The van der Waals surface area contributed by atoms with Crippen molar-refractivity contribution < 1.29 is 9.59 Å². The van der Waals surface area contributed by atoms with Crippen LogP contribution in [0.5, 0.6) is 0 Å². The number of fused-ring (bicyclic) bond motifs is 1. The lowest BCUT2D eigenvalue weighted by molar-refractivity contribution is -0.129. The number of hydrogen-bond acceptors (Lipinski definition) is 2. The van der Waals surface area contributed by atoms with Gasteiger partial charge in [-0.15, -0.1) is 0 Å². The predicted octanol–water partition coefficient (Wildman–Crippen LogP) is 3.08. The first-order valence-electron chi connectivity index (χ1n) is 8.53. The van der Waals surface area contributed by atoms with Gasteiger partial charge in [0, 0.05) is 0 Å². The second kappa shape index (κ2) is 4.01. The summed E-state index contributed by atoms with van der Waals surface area (Å²) in [5.74, 6) is 2.58. The van der Waals surface area contributed by atoms with Crippen molar-refractivity contribution in [2.45, 2.75) is 33.1 Å². The molecule has 0 radical (unpaired) electrons. The average Bonchev–Trinajstić information content (AvgIpc) is 3.28. The molecule has 114 valence electrons. The Labute approximate surface area is 130 Å². The molecule has 3 heteroatoms. The Morgan fingerprint density at radius 3 is 2.00 bits per heavy atom. The van der Waals surface area contributed by atoms with Crippen LogP contribution in [0.4, 0.5) is 5.69 Å². The summed E-state index contributed by atoms with van der Waals surface area (Å²) in [7, 11) is 0. The fourth-order valence-electron chi connectivity index (χ4n) is 5.66. The lowest BCUT2D eigenvalue weighted by Gasteiger charge is -2.42. The molecule has 0 spiro atoms. The van der Waals surface area contributed by atoms with E-state index in [-0.39, 0.29) is 23.7 Å². The Hall–Kier alpha value is -1.64. The van der Waals surface area contributed by atoms with Gasteiger partial charge in [-0.05, 0) is 80.0 Å². The van der Waals surface area contributed by atoms with E-state index in [1.165, 1.54) is 16.9 Å². The van der Waals surface area contributed by atoms with E-state index in [0.29, 0.717) is 11.8 Å². The summed E-state index contributed by atoms with van der Waals surface area (Å²) in [4.78, 5) is 27.5. The summed E-state index contributed by atoms with van der Waals surface area (Å²) >= 11 is 0. The van der Waals surface area contributed by atoms with Crippen LogP contribution in [-0.4, -0.2) is 11.8 Å². The molecule has 4 aliphatic carbocycles. The summed E-state index contributed by atoms with van der Waals surface area (Å²) in [6.45, 7) is 4.09. The van der Waals surface area contributed by atoms with E-state index >= 15 is 0 Å². The standard InChI is InChI=1S/C19H21NO2/c1-9-3-4-11(7-10(9)2)20-18(21)16-12-5-6-13(15-8-14(12)15)17(16)19(20)22/h3-4,7,12-17H,5-6,8H2,1-2H3/t12-,13+,14+,15-,16-,17+. The molecule has 0 unspecified atom stereocenters. The predicted molar refractivity (Wildman–Crippen MR) is 83.2 cm³/mol. The van der Waals surface area contributed by atoms with Gasteiger partial charge in [0.05, 0.1) is 17.5 Å². The van der Waals surface area contributed by atoms with Crippen molar-refractivity contribution >= 4 is 17.5 Å². The zero-order chi connectivity index (χ0) is 15.2. The van der Waals surface area contributed by atoms with Crippen molar-refractivity contribution in [2.24, 2.45) is 35.5 Å². The van der Waals surface area contributed by atoms with Crippen LogP contribution in [-0.2, 0) is 9.59 Å². The highest BCUT2D eigenvalue weighted by molar-refractivity contribution is 6.22. The van der Waals surface area contributed by atoms with E-state index in [1.807, 2.05) is 25.1 Å². The molecule has 6 rings (SSSR count). The van der Waals surface area contributed by atoms with Gasteiger partial charge in [-0.3, -0.25) is 14.5 Å². The van der Waals surface area contributed by atoms with Gasteiger partial charge in [-0.1, -0.05) is 6.07 Å². The van der Waals surface area contributed by atoms with E-state index in [0.717, 1.165) is 35.9 Å². The Morgan fingerprint density at radius 2 is 1.45 bits per heavy atom. The maximum absolute atomic E-state index is 13.0. The van der Waals surface area contributed by atoms with Gasteiger partial charge in [-0.25, -0.2) is 0 Å². The van der Waals surface area contributed by atoms with Crippen LogP contribution in [0.15, 0.2) is 18.2 Å². The van der Waals surface area contributed by atoms with E-state index in [9.17, 15) is 9.59 Å². The zero-order valence-electron chi connectivity index (χ0n) is 13.1. The fourth-order valence-corrected chi connectivity index (χ4v) is 5.66. The highest BCUT2D eigenvalue weighted by atomic mass is 16.2. The Bertz CT molecular complexity index is 675. The van der Waals surface area contributed by atoms with Crippen molar-refractivity contribution in [3.05, 3.63) is 29.3 Å². The average molecular weight is 295 g/mol. The van der Waals surface area contributed by atoms with Crippen LogP contribution in [0, 0.1) is 49.4 Å². The fraction of sp³-hybridized carbons (Fsp3) is 0.579. The topological polar surface area (TPSA) is 37.4 Å². The third-order valence-electron chi connectivity index (χ3n) is 6.89. The first-order valence-corrected chi connectivity index (χ1v) is 8.53. The number of nitrogens with zero attached hydrogens (tertiary/aromatic N) is 1. The van der Waals surface area contributed by atoms with Gasteiger partial charge in [0.1, 0.15) is 0 Å².